The van der Waals surface area contributed by atoms with Crippen LogP contribution in [0.25, 0.3) is 0 Å². The summed E-state index contributed by atoms with van der Waals surface area (Å²) in [6.07, 6.45) is 14.1. The molecule has 0 bridgehead atoms. The van der Waals surface area contributed by atoms with Gasteiger partial charge in [-0.3, -0.25) is 0 Å². The van der Waals surface area contributed by atoms with Gasteiger partial charge in [0.1, 0.15) is 0 Å². The van der Waals surface area contributed by atoms with Crippen molar-refractivity contribution in [3.8, 4) is 0 Å². The molecule has 2 N–H and O–H groups in total. The predicted molar refractivity (Wildman–Crippen MR) is 121 cm³/mol. The van der Waals surface area contributed by atoms with Crippen LogP contribution in [0.15, 0.2) is 0 Å². The van der Waals surface area contributed by atoms with Gasteiger partial charge < -0.3 is 10.2 Å². The highest BCUT2D eigenvalue weighted by atomic mass is 16.3. The number of hydrogen-bond acceptors (Lipinski definition) is 2. The van der Waals surface area contributed by atoms with Crippen molar-refractivity contribution in [2.75, 3.05) is 0 Å². The van der Waals surface area contributed by atoms with Crippen molar-refractivity contribution in [1.29, 1.82) is 0 Å². The molecule has 4 aliphatic rings. The zero-order valence-electron chi connectivity index (χ0n) is 19.9. The van der Waals surface area contributed by atoms with Gasteiger partial charge in [0.15, 0.2) is 0 Å². The first kappa shape index (κ1) is 22.1. The molecule has 0 saturated heterocycles. The number of aliphatic hydroxyl groups is 2. The minimum absolute atomic E-state index is 0.0735. The Balaban J connectivity index is 1.53. The van der Waals surface area contributed by atoms with Crippen molar-refractivity contribution in [1.82, 2.24) is 0 Å². The molecule has 0 aromatic rings. The molecule has 2 heteroatoms. The fraction of sp³-hybridized carbons (Fsp3) is 1.00. The van der Waals surface area contributed by atoms with Crippen molar-refractivity contribution in [2.24, 2.45) is 46.3 Å². The van der Waals surface area contributed by atoms with E-state index in [-0.39, 0.29) is 5.41 Å². The maximum Gasteiger partial charge on any atom is 0.0961 e. The molecule has 0 aromatic carbocycles. The van der Waals surface area contributed by atoms with Crippen molar-refractivity contribution in [3.63, 3.8) is 0 Å². The monoisotopic (exact) mass is 404 g/mol. The van der Waals surface area contributed by atoms with Gasteiger partial charge in [0, 0.05) is 5.41 Å². The summed E-state index contributed by atoms with van der Waals surface area (Å²) < 4.78 is 0. The first-order valence-electron chi connectivity index (χ1n) is 13.0. The van der Waals surface area contributed by atoms with Gasteiger partial charge in [-0.1, -0.05) is 66.7 Å². The Morgan fingerprint density at radius 1 is 0.897 bits per heavy atom. The average molecular weight is 405 g/mol. The van der Waals surface area contributed by atoms with Gasteiger partial charge in [-0.2, -0.15) is 0 Å². The van der Waals surface area contributed by atoms with Crippen LogP contribution < -0.4 is 0 Å². The highest BCUT2D eigenvalue weighted by molar-refractivity contribution is 5.16. The molecule has 168 valence electrons. The molecule has 0 amide bonds. The van der Waals surface area contributed by atoms with E-state index in [2.05, 4.69) is 34.6 Å². The van der Waals surface area contributed by atoms with Crippen LogP contribution in [0.4, 0.5) is 0 Å². The third-order valence-electron chi connectivity index (χ3n) is 11.0. The Hall–Kier alpha value is -0.0800. The van der Waals surface area contributed by atoms with E-state index >= 15 is 0 Å². The first-order valence-corrected chi connectivity index (χ1v) is 13.0. The second-order valence-corrected chi connectivity index (χ2v) is 12.7. The average Bonchev–Trinajstić information content (AvgIpc) is 3.01. The highest BCUT2D eigenvalue weighted by Crippen LogP contribution is 2.69. The first-order chi connectivity index (χ1) is 13.6. The molecule has 0 aliphatic heterocycles. The van der Waals surface area contributed by atoms with E-state index in [0.29, 0.717) is 17.3 Å². The summed E-state index contributed by atoms with van der Waals surface area (Å²) >= 11 is 0. The predicted octanol–water partition coefficient (Wildman–Crippen LogP) is 6.58. The van der Waals surface area contributed by atoms with Crippen LogP contribution in [0.1, 0.15) is 112 Å². The lowest BCUT2D eigenvalue weighted by molar-refractivity contribution is -0.253. The molecule has 0 spiro atoms. The molecular formula is C27H48O2. The molecule has 4 saturated carbocycles. The van der Waals surface area contributed by atoms with E-state index in [9.17, 15) is 10.2 Å². The molecule has 0 radical (unpaired) electrons. The van der Waals surface area contributed by atoms with Crippen LogP contribution in [-0.4, -0.2) is 21.9 Å². The molecule has 9 atom stereocenters. The molecule has 0 heterocycles. The highest BCUT2D eigenvalue weighted by Gasteiger charge is 2.66. The van der Waals surface area contributed by atoms with E-state index in [1.54, 1.807) is 0 Å². The second-order valence-electron chi connectivity index (χ2n) is 12.7. The van der Waals surface area contributed by atoms with Gasteiger partial charge >= 0.3 is 0 Å². The van der Waals surface area contributed by atoms with E-state index in [1.165, 1.54) is 51.4 Å². The Bertz CT molecular complexity index is 587. The molecule has 2 nitrogen and oxygen atoms in total. The molecule has 0 aromatic heterocycles. The summed E-state index contributed by atoms with van der Waals surface area (Å²) in [4.78, 5) is 0. The Morgan fingerprint density at radius 3 is 2.34 bits per heavy atom. The molecular weight excluding hydrogens is 356 g/mol. The molecule has 4 rings (SSSR count). The van der Waals surface area contributed by atoms with Crippen molar-refractivity contribution >= 4 is 0 Å². The molecule has 0 unspecified atom stereocenters. The lowest BCUT2D eigenvalue weighted by atomic mass is 9.42. The van der Waals surface area contributed by atoms with Crippen LogP contribution in [0.5, 0.6) is 0 Å². The lowest BCUT2D eigenvalue weighted by Gasteiger charge is -2.65. The lowest BCUT2D eigenvalue weighted by Crippen LogP contribution is -2.67. The van der Waals surface area contributed by atoms with Crippen LogP contribution in [0, 0.1) is 46.3 Å². The summed E-state index contributed by atoms with van der Waals surface area (Å²) in [6, 6.07) is 0. The number of rotatable bonds is 5. The Kier molecular flexibility index (Phi) is 5.95. The van der Waals surface area contributed by atoms with Gasteiger partial charge in [-0.05, 0) is 85.9 Å². The Morgan fingerprint density at radius 2 is 1.62 bits per heavy atom. The molecule has 4 fully saturated rings. The SMILES string of the molecule is CC(C)CCC[C@H](C)[C@H]1CC[C@H]2[C@H]3C[C@H](O)[C@@]4(O)CCCC[C@]4(C)[C@@H]3CC[C@]12C. The number of fused-ring (bicyclic) bond motifs is 5. The maximum absolute atomic E-state index is 11.6. The summed E-state index contributed by atoms with van der Waals surface area (Å²) in [7, 11) is 0. The quantitative estimate of drug-likeness (QED) is 0.543. The standard InChI is InChI=1S/C27H48O2/c1-18(2)9-8-10-19(3)21-11-12-22-20-17-24(28)27(29)15-7-6-14-26(27,5)23(20)13-16-25(21,22)4/h18-24,28-29H,6-17H2,1-5H3/t19-,20+,21+,22-,23+,24-,25+,26+,27-/m0/s1. The topological polar surface area (TPSA) is 40.5 Å². The fourth-order valence-corrected chi connectivity index (χ4v) is 9.33. The third kappa shape index (κ3) is 3.34. The zero-order valence-corrected chi connectivity index (χ0v) is 19.9. The Labute approximate surface area is 180 Å². The number of aliphatic hydroxyl groups excluding tert-OH is 1. The van der Waals surface area contributed by atoms with Gasteiger partial charge in [0.2, 0.25) is 0 Å². The van der Waals surface area contributed by atoms with Crippen LogP contribution in [0.2, 0.25) is 0 Å². The third-order valence-corrected chi connectivity index (χ3v) is 11.0. The second kappa shape index (κ2) is 7.80. The minimum Gasteiger partial charge on any atom is -0.390 e. The van der Waals surface area contributed by atoms with Crippen molar-refractivity contribution in [2.45, 2.75) is 123 Å². The minimum atomic E-state index is -0.831. The zero-order chi connectivity index (χ0) is 21.0. The van der Waals surface area contributed by atoms with Crippen molar-refractivity contribution in [3.05, 3.63) is 0 Å². The maximum atomic E-state index is 11.6. The fourth-order valence-electron chi connectivity index (χ4n) is 9.33. The molecule has 29 heavy (non-hydrogen) atoms. The van der Waals surface area contributed by atoms with Crippen LogP contribution >= 0.6 is 0 Å². The normalized spacial score (nSPS) is 50.7. The van der Waals surface area contributed by atoms with Gasteiger partial charge in [-0.25, -0.2) is 0 Å². The van der Waals surface area contributed by atoms with Crippen molar-refractivity contribution < 1.29 is 10.2 Å². The van der Waals surface area contributed by atoms with Crippen LogP contribution in [0.3, 0.4) is 0 Å². The van der Waals surface area contributed by atoms with Gasteiger partial charge in [-0.15, -0.1) is 0 Å². The summed E-state index contributed by atoms with van der Waals surface area (Å²) in [5.41, 5.74) is -0.448. The van der Waals surface area contributed by atoms with E-state index in [0.717, 1.165) is 49.4 Å². The summed E-state index contributed by atoms with van der Waals surface area (Å²) in [6.45, 7) is 12.2. The van der Waals surface area contributed by atoms with Gasteiger partial charge in [0.05, 0.1) is 11.7 Å². The molecule has 4 aliphatic carbocycles. The number of hydrogen-bond donors (Lipinski definition) is 2. The smallest absolute Gasteiger partial charge is 0.0961 e. The van der Waals surface area contributed by atoms with Gasteiger partial charge in [0.25, 0.3) is 0 Å². The summed E-state index contributed by atoms with van der Waals surface area (Å²) in [5.74, 6) is 4.51. The van der Waals surface area contributed by atoms with E-state index in [1.807, 2.05) is 0 Å². The largest absolute Gasteiger partial charge is 0.390 e. The van der Waals surface area contributed by atoms with Crippen LogP contribution in [-0.2, 0) is 0 Å². The van der Waals surface area contributed by atoms with E-state index in [4.69, 9.17) is 0 Å². The summed E-state index contributed by atoms with van der Waals surface area (Å²) in [5, 5.41) is 22.8. The van der Waals surface area contributed by atoms with E-state index < -0.39 is 11.7 Å².